The standard InChI is InChI=1S/C18H36N2O/c1-3-15-9-10-18(19-4-2)16(13-15)14-20-11-5-7-17(20)8-6-12-21/h15-19,21H,3-14H2,1-2H3. The van der Waals surface area contributed by atoms with E-state index in [-0.39, 0.29) is 0 Å². The lowest BCUT2D eigenvalue weighted by Gasteiger charge is -2.39. The Balaban J connectivity index is 1.89. The van der Waals surface area contributed by atoms with Crippen LogP contribution in [0.1, 0.15) is 65.2 Å². The second-order valence-corrected chi connectivity index (χ2v) is 7.17. The van der Waals surface area contributed by atoms with Gasteiger partial charge in [0.05, 0.1) is 0 Å². The lowest BCUT2D eigenvalue weighted by molar-refractivity contribution is 0.125. The first-order valence-corrected chi connectivity index (χ1v) is 9.36. The SMILES string of the molecule is CCNC1CCC(CC)CC1CN1CCCC1CCCO. The van der Waals surface area contributed by atoms with Gasteiger partial charge in [0.1, 0.15) is 0 Å². The topological polar surface area (TPSA) is 35.5 Å². The maximum Gasteiger partial charge on any atom is 0.0431 e. The molecule has 2 aliphatic rings. The third-order valence-corrected chi connectivity index (χ3v) is 5.80. The van der Waals surface area contributed by atoms with Crippen molar-refractivity contribution in [1.29, 1.82) is 0 Å². The van der Waals surface area contributed by atoms with Gasteiger partial charge in [-0.05, 0) is 69.9 Å². The van der Waals surface area contributed by atoms with Crippen molar-refractivity contribution >= 4 is 0 Å². The molecule has 0 bridgehead atoms. The first-order valence-electron chi connectivity index (χ1n) is 9.36. The van der Waals surface area contributed by atoms with Crippen molar-refractivity contribution in [2.24, 2.45) is 11.8 Å². The van der Waals surface area contributed by atoms with Gasteiger partial charge in [-0.2, -0.15) is 0 Å². The van der Waals surface area contributed by atoms with E-state index in [2.05, 4.69) is 24.1 Å². The average Bonchev–Trinajstić information content (AvgIpc) is 2.94. The molecule has 21 heavy (non-hydrogen) atoms. The number of aliphatic hydroxyl groups is 1. The molecule has 4 unspecified atom stereocenters. The van der Waals surface area contributed by atoms with Crippen molar-refractivity contribution in [3.05, 3.63) is 0 Å². The summed E-state index contributed by atoms with van der Waals surface area (Å²) in [4.78, 5) is 2.74. The van der Waals surface area contributed by atoms with Crippen LogP contribution >= 0.6 is 0 Å². The maximum atomic E-state index is 9.08. The summed E-state index contributed by atoms with van der Waals surface area (Å²) < 4.78 is 0. The third-order valence-electron chi connectivity index (χ3n) is 5.80. The molecule has 0 aromatic carbocycles. The van der Waals surface area contributed by atoms with Gasteiger partial charge < -0.3 is 15.3 Å². The second-order valence-electron chi connectivity index (χ2n) is 7.17. The van der Waals surface area contributed by atoms with Gasteiger partial charge in [-0.25, -0.2) is 0 Å². The van der Waals surface area contributed by atoms with E-state index in [1.807, 2.05) is 0 Å². The molecule has 2 fully saturated rings. The van der Waals surface area contributed by atoms with Gasteiger partial charge in [-0.1, -0.05) is 20.3 Å². The molecule has 1 aliphatic carbocycles. The maximum absolute atomic E-state index is 9.08. The number of likely N-dealkylation sites (tertiary alicyclic amines) is 1. The van der Waals surface area contributed by atoms with Gasteiger partial charge in [-0.3, -0.25) is 0 Å². The Morgan fingerprint density at radius 2 is 2.05 bits per heavy atom. The molecule has 3 heteroatoms. The molecule has 0 aromatic heterocycles. The molecule has 0 spiro atoms. The molecule has 1 saturated carbocycles. The molecule has 4 atom stereocenters. The van der Waals surface area contributed by atoms with Crippen LogP contribution in [0.15, 0.2) is 0 Å². The van der Waals surface area contributed by atoms with Crippen molar-refractivity contribution < 1.29 is 5.11 Å². The lowest BCUT2D eigenvalue weighted by Crippen LogP contribution is -2.46. The zero-order valence-corrected chi connectivity index (χ0v) is 14.2. The molecule has 1 saturated heterocycles. The van der Waals surface area contributed by atoms with Gasteiger partial charge in [0.25, 0.3) is 0 Å². The molecule has 3 nitrogen and oxygen atoms in total. The minimum Gasteiger partial charge on any atom is -0.396 e. The summed E-state index contributed by atoms with van der Waals surface area (Å²) in [6, 6.07) is 1.47. The summed E-state index contributed by atoms with van der Waals surface area (Å²) in [6.45, 7) is 8.61. The van der Waals surface area contributed by atoms with E-state index in [4.69, 9.17) is 5.11 Å². The fourth-order valence-corrected chi connectivity index (χ4v) is 4.56. The Morgan fingerprint density at radius 1 is 1.19 bits per heavy atom. The van der Waals surface area contributed by atoms with Gasteiger partial charge >= 0.3 is 0 Å². The number of hydrogen-bond acceptors (Lipinski definition) is 3. The van der Waals surface area contributed by atoms with Crippen LogP contribution in [0.3, 0.4) is 0 Å². The van der Waals surface area contributed by atoms with E-state index >= 15 is 0 Å². The van der Waals surface area contributed by atoms with E-state index < -0.39 is 0 Å². The van der Waals surface area contributed by atoms with Crippen LogP contribution in [0.2, 0.25) is 0 Å². The molecule has 124 valence electrons. The minimum atomic E-state index is 0.353. The predicted molar refractivity (Wildman–Crippen MR) is 89.5 cm³/mol. The molecule has 2 N–H and O–H groups in total. The quantitative estimate of drug-likeness (QED) is 0.723. The Hall–Kier alpha value is -0.120. The van der Waals surface area contributed by atoms with Crippen molar-refractivity contribution in [1.82, 2.24) is 10.2 Å². The van der Waals surface area contributed by atoms with Crippen molar-refractivity contribution in [3.8, 4) is 0 Å². The molecule has 0 amide bonds. The van der Waals surface area contributed by atoms with Crippen molar-refractivity contribution in [2.45, 2.75) is 77.3 Å². The van der Waals surface area contributed by atoms with Crippen LogP contribution in [0.5, 0.6) is 0 Å². The Kier molecular flexibility index (Phi) is 7.48. The largest absolute Gasteiger partial charge is 0.396 e. The van der Waals surface area contributed by atoms with Gasteiger partial charge in [0.15, 0.2) is 0 Å². The summed E-state index contributed by atoms with van der Waals surface area (Å²) in [5.74, 6) is 1.78. The fourth-order valence-electron chi connectivity index (χ4n) is 4.56. The number of rotatable bonds is 8. The van der Waals surface area contributed by atoms with E-state index in [9.17, 15) is 0 Å². The van der Waals surface area contributed by atoms with Crippen LogP contribution in [-0.2, 0) is 0 Å². The Bertz CT molecular complexity index is 284. The van der Waals surface area contributed by atoms with Crippen LogP contribution in [0.4, 0.5) is 0 Å². The van der Waals surface area contributed by atoms with Crippen LogP contribution in [-0.4, -0.2) is 48.3 Å². The number of nitrogens with zero attached hydrogens (tertiary/aromatic N) is 1. The smallest absolute Gasteiger partial charge is 0.0431 e. The minimum absolute atomic E-state index is 0.353. The van der Waals surface area contributed by atoms with Gasteiger partial charge in [0, 0.05) is 25.2 Å². The first kappa shape index (κ1) is 17.2. The third kappa shape index (κ3) is 4.94. The van der Waals surface area contributed by atoms with Crippen LogP contribution in [0.25, 0.3) is 0 Å². The monoisotopic (exact) mass is 296 g/mol. The number of aliphatic hydroxyl groups excluding tert-OH is 1. The van der Waals surface area contributed by atoms with Crippen LogP contribution in [0, 0.1) is 11.8 Å². The zero-order valence-electron chi connectivity index (χ0n) is 14.2. The summed E-state index contributed by atoms with van der Waals surface area (Å²) in [7, 11) is 0. The molecule has 1 heterocycles. The average molecular weight is 296 g/mol. The summed E-state index contributed by atoms with van der Waals surface area (Å²) in [5.41, 5.74) is 0. The first-order chi connectivity index (χ1) is 10.3. The Morgan fingerprint density at radius 3 is 2.76 bits per heavy atom. The predicted octanol–water partition coefficient (Wildman–Crippen LogP) is 3.03. The highest BCUT2D eigenvalue weighted by molar-refractivity contribution is 4.89. The summed E-state index contributed by atoms with van der Waals surface area (Å²) >= 11 is 0. The van der Waals surface area contributed by atoms with Gasteiger partial charge in [0.2, 0.25) is 0 Å². The van der Waals surface area contributed by atoms with E-state index in [1.165, 1.54) is 58.0 Å². The number of nitrogens with one attached hydrogen (secondary N) is 1. The van der Waals surface area contributed by atoms with Gasteiger partial charge in [-0.15, -0.1) is 0 Å². The zero-order chi connectivity index (χ0) is 15.1. The van der Waals surface area contributed by atoms with Crippen molar-refractivity contribution in [2.75, 3.05) is 26.2 Å². The molecular weight excluding hydrogens is 260 g/mol. The highest BCUT2D eigenvalue weighted by atomic mass is 16.2. The fraction of sp³-hybridized carbons (Fsp3) is 1.00. The molecule has 2 rings (SSSR count). The van der Waals surface area contributed by atoms with E-state index in [1.54, 1.807) is 0 Å². The molecule has 0 aromatic rings. The Labute approximate surface area is 131 Å². The molecular formula is C18H36N2O. The normalized spacial score (nSPS) is 34.4. The van der Waals surface area contributed by atoms with E-state index in [0.717, 1.165) is 36.9 Å². The summed E-state index contributed by atoms with van der Waals surface area (Å²) in [6.07, 6.45) is 10.4. The highest BCUT2D eigenvalue weighted by Gasteiger charge is 2.33. The number of hydrogen-bond donors (Lipinski definition) is 2. The highest BCUT2D eigenvalue weighted by Crippen LogP contribution is 2.33. The molecule has 1 aliphatic heterocycles. The lowest BCUT2D eigenvalue weighted by atomic mass is 9.76. The summed E-state index contributed by atoms with van der Waals surface area (Å²) in [5, 5.41) is 12.8. The van der Waals surface area contributed by atoms with Crippen molar-refractivity contribution in [3.63, 3.8) is 0 Å². The van der Waals surface area contributed by atoms with Crippen LogP contribution < -0.4 is 5.32 Å². The second kappa shape index (κ2) is 9.12. The van der Waals surface area contributed by atoms with E-state index in [0.29, 0.717) is 6.61 Å². The molecule has 0 radical (unpaired) electrons.